The number of hydrogen-bond donors (Lipinski definition) is 0. The highest BCUT2D eigenvalue weighted by Crippen LogP contribution is 2.31. The second kappa shape index (κ2) is 7.46. The fourth-order valence-electron chi connectivity index (χ4n) is 3.00. The number of fused-ring (bicyclic) bond motifs is 1. The summed E-state index contributed by atoms with van der Waals surface area (Å²) in [5, 5.41) is -0.168. The van der Waals surface area contributed by atoms with Gasteiger partial charge >= 0.3 is 0 Å². The molecule has 0 saturated carbocycles. The van der Waals surface area contributed by atoms with Crippen LogP contribution < -0.4 is 0 Å². The van der Waals surface area contributed by atoms with Crippen molar-refractivity contribution in [2.45, 2.75) is 0 Å². The summed E-state index contributed by atoms with van der Waals surface area (Å²) in [4.78, 5) is 12.8. The first-order chi connectivity index (χ1) is 16.8. The molecule has 5 aromatic rings. The maximum absolute atomic E-state index is 8.85. The van der Waals surface area contributed by atoms with Gasteiger partial charge in [-0.15, -0.1) is 0 Å². The number of hydrogen-bond acceptors (Lipinski definition) is 3. The molecule has 0 fully saturated rings. The molecule has 0 radical (unpaired) electrons. The number of aromatic nitrogens is 3. The van der Waals surface area contributed by atoms with E-state index in [1.54, 1.807) is 54.6 Å². The topological polar surface area (TPSA) is 38.7 Å². The molecular weight excluding hydrogens is 378 g/mol. The van der Waals surface area contributed by atoms with Gasteiger partial charge in [-0.3, -0.25) is 0 Å². The minimum absolute atomic E-state index is 0.00744. The first-order valence-corrected chi connectivity index (χ1v) is 9.23. The largest absolute Gasteiger partial charge is 0.226 e. The standard InChI is InChI=1S/C25H16ClN3/c26-25-28-23(18-10-5-2-6-11-18)27-24(29-25)22-13-7-12-20-16-19(14-15-21(20)22)17-8-3-1-4-9-17/h1-16H/i7D,12D,13D,14D,15D,16D. The highest BCUT2D eigenvalue weighted by atomic mass is 35.5. The minimum atomic E-state index is -0.435. The molecule has 0 aliphatic heterocycles. The summed E-state index contributed by atoms with van der Waals surface area (Å²) in [5.74, 6) is 0.173. The van der Waals surface area contributed by atoms with Crippen LogP contribution in [-0.4, -0.2) is 15.0 Å². The molecule has 5 rings (SSSR count). The molecule has 1 heterocycles. The molecule has 4 aromatic carbocycles. The number of benzene rings is 4. The molecule has 0 aliphatic rings. The molecule has 0 N–H and O–H groups in total. The first-order valence-electron chi connectivity index (χ1n) is 11.9. The fraction of sp³-hybridized carbons (Fsp3) is 0. The van der Waals surface area contributed by atoms with Crippen molar-refractivity contribution in [2.24, 2.45) is 0 Å². The van der Waals surface area contributed by atoms with E-state index in [-0.39, 0.29) is 69.0 Å². The van der Waals surface area contributed by atoms with Crippen LogP contribution >= 0.6 is 11.6 Å². The lowest BCUT2D eigenvalue weighted by molar-refractivity contribution is 1.07. The zero-order chi connectivity index (χ0) is 24.9. The van der Waals surface area contributed by atoms with Gasteiger partial charge in [0, 0.05) is 11.1 Å². The van der Waals surface area contributed by atoms with E-state index in [0.717, 1.165) is 0 Å². The van der Waals surface area contributed by atoms with Crippen molar-refractivity contribution in [1.29, 1.82) is 0 Å². The summed E-state index contributed by atoms with van der Waals surface area (Å²) in [6.07, 6.45) is 0. The Balaban J connectivity index is 1.91. The number of nitrogens with zero attached hydrogens (tertiary/aromatic N) is 3. The lowest BCUT2D eigenvalue weighted by Gasteiger charge is -2.09. The summed E-state index contributed by atoms with van der Waals surface area (Å²) >= 11 is 6.20. The van der Waals surface area contributed by atoms with E-state index in [4.69, 9.17) is 19.8 Å². The Morgan fingerprint density at radius 3 is 2.10 bits per heavy atom. The summed E-state index contributed by atoms with van der Waals surface area (Å²) < 4.78 is 51.9. The van der Waals surface area contributed by atoms with E-state index in [0.29, 0.717) is 11.1 Å². The molecule has 0 unspecified atom stereocenters. The normalized spacial score (nSPS) is 13.8. The lowest BCUT2D eigenvalue weighted by Crippen LogP contribution is -1.97. The van der Waals surface area contributed by atoms with Crippen LogP contribution in [0.5, 0.6) is 0 Å². The molecule has 29 heavy (non-hydrogen) atoms. The van der Waals surface area contributed by atoms with Crippen LogP contribution in [0.15, 0.2) is 96.9 Å². The van der Waals surface area contributed by atoms with E-state index in [1.807, 2.05) is 6.07 Å². The summed E-state index contributed by atoms with van der Waals surface area (Å²) in [7, 11) is 0. The van der Waals surface area contributed by atoms with Crippen molar-refractivity contribution < 1.29 is 8.22 Å². The summed E-state index contributed by atoms with van der Waals surface area (Å²) in [6.45, 7) is 0. The highest BCUT2D eigenvalue weighted by Gasteiger charge is 2.12. The predicted octanol–water partition coefficient (Wildman–Crippen LogP) is 6.68. The van der Waals surface area contributed by atoms with Crippen LogP contribution in [0.1, 0.15) is 8.22 Å². The number of rotatable bonds is 3. The predicted molar refractivity (Wildman–Crippen MR) is 119 cm³/mol. The third kappa shape index (κ3) is 3.48. The Hall–Kier alpha value is -3.56. The smallest absolute Gasteiger partial charge is 0.208 e. The molecule has 3 nitrogen and oxygen atoms in total. The van der Waals surface area contributed by atoms with E-state index < -0.39 is 6.04 Å². The van der Waals surface area contributed by atoms with Crippen LogP contribution in [0.4, 0.5) is 0 Å². The van der Waals surface area contributed by atoms with Crippen molar-refractivity contribution in [1.82, 2.24) is 15.0 Å². The molecule has 4 heteroatoms. The molecular formula is C25H16ClN3. The van der Waals surface area contributed by atoms with Gasteiger partial charge in [0.2, 0.25) is 5.28 Å². The average molecular weight is 400 g/mol. The lowest BCUT2D eigenvalue weighted by atomic mass is 9.98. The maximum atomic E-state index is 8.85. The Labute approximate surface area is 182 Å². The van der Waals surface area contributed by atoms with Gasteiger partial charge in [0.05, 0.1) is 8.22 Å². The second-order valence-corrected chi connectivity index (χ2v) is 6.57. The van der Waals surface area contributed by atoms with Gasteiger partial charge in [0.25, 0.3) is 0 Å². The zero-order valence-corrected chi connectivity index (χ0v) is 15.7. The molecule has 0 atom stereocenters. The van der Waals surface area contributed by atoms with Gasteiger partial charge in [0.1, 0.15) is 0 Å². The van der Waals surface area contributed by atoms with E-state index in [2.05, 4.69) is 15.0 Å². The van der Waals surface area contributed by atoms with Crippen molar-refractivity contribution >= 4 is 22.4 Å². The summed E-state index contributed by atoms with van der Waals surface area (Å²) in [6, 6.07) is 15.9. The SMILES string of the molecule is [2H]c1c([2H])c(-c2nc(Cl)nc(-c3ccccc3)n2)c2c([2H])c([2H])c(-c3ccccc3)c([2H])c2c1[2H]. The van der Waals surface area contributed by atoms with Gasteiger partial charge in [-0.2, -0.15) is 9.97 Å². The van der Waals surface area contributed by atoms with Gasteiger partial charge < -0.3 is 0 Å². The van der Waals surface area contributed by atoms with Crippen molar-refractivity contribution in [3.05, 3.63) is 102 Å². The minimum Gasteiger partial charge on any atom is -0.208 e. The molecule has 0 spiro atoms. The molecule has 138 valence electrons. The third-order valence-corrected chi connectivity index (χ3v) is 4.53. The number of halogens is 1. The van der Waals surface area contributed by atoms with Crippen LogP contribution in [0.25, 0.3) is 44.7 Å². The molecule has 0 saturated heterocycles. The van der Waals surface area contributed by atoms with E-state index in [9.17, 15) is 0 Å². The Morgan fingerprint density at radius 2 is 1.34 bits per heavy atom. The maximum Gasteiger partial charge on any atom is 0.226 e. The fourth-order valence-corrected chi connectivity index (χ4v) is 3.16. The molecule has 1 aromatic heterocycles. The van der Waals surface area contributed by atoms with Gasteiger partial charge in [-0.05, 0) is 39.5 Å². The molecule has 0 amide bonds. The quantitative estimate of drug-likeness (QED) is 0.339. The van der Waals surface area contributed by atoms with Crippen molar-refractivity contribution in [3.8, 4) is 33.9 Å². The Morgan fingerprint density at radius 1 is 0.655 bits per heavy atom. The monoisotopic (exact) mass is 399 g/mol. The van der Waals surface area contributed by atoms with E-state index in [1.165, 1.54) is 0 Å². The highest BCUT2D eigenvalue weighted by molar-refractivity contribution is 6.28. The van der Waals surface area contributed by atoms with Crippen LogP contribution in [0.2, 0.25) is 5.28 Å². The first kappa shape index (κ1) is 12.1. The van der Waals surface area contributed by atoms with Gasteiger partial charge in [-0.25, -0.2) is 4.98 Å². The van der Waals surface area contributed by atoms with Crippen LogP contribution in [0, 0.1) is 0 Å². The van der Waals surface area contributed by atoms with Gasteiger partial charge in [-0.1, -0.05) is 90.9 Å². The third-order valence-electron chi connectivity index (χ3n) is 4.36. The molecule has 0 bridgehead atoms. The molecule has 0 aliphatic carbocycles. The van der Waals surface area contributed by atoms with Crippen molar-refractivity contribution in [3.63, 3.8) is 0 Å². The van der Waals surface area contributed by atoms with Crippen LogP contribution in [0.3, 0.4) is 0 Å². The van der Waals surface area contributed by atoms with Gasteiger partial charge in [0.15, 0.2) is 11.6 Å². The Bertz CT molecular complexity index is 1610. The Kier molecular flexibility index (Phi) is 3.11. The second-order valence-electron chi connectivity index (χ2n) is 6.23. The zero-order valence-electron chi connectivity index (χ0n) is 21.0. The average Bonchev–Trinajstić information content (AvgIpc) is 2.86. The van der Waals surface area contributed by atoms with Crippen molar-refractivity contribution in [2.75, 3.05) is 0 Å². The summed E-state index contributed by atoms with van der Waals surface area (Å²) in [5.41, 5.74) is 1.35. The van der Waals surface area contributed by atoms with E-state index >= 15 is 0 Å². The van der Waals surface area contributed by atoms with Crippen LogP contribution in [-0.2, 0) is 0 Å².